The van der Waals surface area contributed by atoms with Gasteiger partial charge in [-0.1, -0.05) is 18.7 Å². The molecule has 0 N–H and O–H groups in total. The number of aromatic nitrogens is 2. The van der Waals surface area contributed by atoms with Crippen LogP contribution in [0.2, 0.25) is 0 Å². The van der Waals surface area contributed by atoms with Gasteiger partial charge in [0.05, 0.1) is 5.52 Å². The molecule has 2 nitrogen and oxygen atoms in total. The third-order valence-corrected chi connectivity index (χ3v) is 1.76. The van der Waals surface area contributed by atoms with Gasteiger partial charge < -0.3 is 0 Å². The van der Waals surface area contributed by atoms with Gasteiger partial charge in [0, 0.05) is 11.6 Å². The standard InChI is InChI=1S/C10H8N2/c1-2-8-3-4-10-9(5-8)6-11-7-12-10/h2-7H,1H2. The SMILES string of the molecule is C=Cc1ccc2ncncc2c1. The zero-order valence-electron chi connectivity index (χ0n) is 6.57. The number of fused-ring (bicyclic) bond motifs is 1. The molecule has 0 spiro atoms. The van der Waals surface area contributed by atoms with Gasteiger partial charge in [0.2, 0.25) is 0 Å². The molecule has 1 heterocycles. The zero-order valence-corrected chi connectivity index (χ0v) is 6.57. The van der Waals surface area contributed by atoms with E-state index in [0.717, 1.165) is 16.5 Å². The van der Waals surface area contributed by atoms with Crippen LogP contribution in [-0.2, 0) is 0 Å². The lowest BCUT2D eigenvalue weighted by Gasteiger charge is -1.96. The van der Waals surface area contributed by atoms with Crippen LogP contribution in [0.3, 0.4) is 0 Å². The van der Waals surface area contributed by atoms with Gasteiger partial charge >= 0.3 is 0 Å². The van der Waals surface area contributed by atoms with Crippen LogP contribution in [0.15, 0.2) is 37.3 Å². The van der Waals surface area contributed by atoms with E-state index in [9.17, 15) is 0 Å². The Morgan fingerprint density at radius 3 is 3.08 bits per heavy atom. The summed E-state index contributed by atoms with van der Waals surface area (Å²) in [5, 5.41) is 1.05. The van der Waals surface area contributed by atoms with Crippen molar-refractivity contribution in [2.45, 2.75) is 0 Å². The maximum absolute atomic E-state index is 4.11. The molecule has 12 heavy (non-hydrogen) atoms. The minimum atomic E-state index is 0.968. The highest BCUT2D eigenvalue weighted by Gasteiger charge is 1.92. The average molecular weight is 156 g/mol. The normalized spacial score (nSPS) is 10.0. The molecule has 0 fully saturated rings. The second kappa shape index (κ2) is 2.74. The number of hydrogen-bond donors (Lipinski definition) is 0. The molecule has 2 heteroatoms. The highest BCUT2D eigenvalue weighted by Crippen LogP contribution is 2.12. The zero-order chi connectivity index (χ0) is 8.39. The first kappa shape index (κ1) is 6.98. The number of nitrogens with zero attached hydrogens (tertiary/aromatic N) is 2. The van der Waals surface area contributed by atoms with Gasteiger partial charge in [0.1, 0.15) is 6.33 Å². The van der Waals surface area contributed by atoms with E-state index in [-0.39, 0.29) is 0 Å². The minimum absolute atomic E-state index is 0.968. The lowest BCUT2D eigenvalue weighted by molar-refractivity contribution is 1.22. The fraction of sp³-hybridized carbons (Fsp3) is 0. The van der Waals surface area contributed by atoms with Crippen LogP contribution in [-0.4, -0.2) is 9.97 Å². The molecule has 0 amide bonds. The van der Waals surface area contributed by atoms with Crippen molar-refractivity contribution in [2.24, 2.45) is 0 Å². The van der Waals surface area contributed by atoms with E-state index in [4.69, 9.17) is 0 Å². The third-order valence-electron chi connectivity index (χ3n) is 1.76. The monoisotopic (exact) mass is 156 g/mol. The van der Waals surface area contributed by atoms with Crippen molar-refractivity contribution in [2.75, 3.05) is 0 Å². The molecule has 0 saturated carbocycles. The first-order valence-electron chi connectivity index (χ1n) is 3.72. The average Bonchev–Trinajstić information content (AvgIpc) is 2.17. The minimum Gasteiger partial charge on any atom is -0.244 e. The van der Waals surface area contributed by atoms with Crippen molar-refractivity contribution in [3.05, 3.63) is 42.9 Å². The van der Waals surface area contributed by atoms with Gasteiger partial charge in [-0.3, -0.25) is 0 Å². The van der Waals surface area contributed by atoms with Crippen LogP contribution in [0.25, 0.3) is 17.0 Å². The topological polar surface area (TPSA) is 25.8 Å². The van der Waals surface area contributed by atoms with E-state index < -0.39 is 0 Å². The van der Waals surface area contributed by atoms with E-state index in [1.165, 1.54) is 0 Å². The van der Waals surface area contributed by atoms with Crippen LogP contribution in [0.4, 0.5) is 0 Å². The summed E-state index contributed by atoms with van der Waals surface area (Å²) in [6, 6.07) is 5.97. The Hall–Kier alpha value is -1.70. The Bertz CT molecular complexity index is 421. The number of rotatable bonds is 1. The van der Waals surface area contributed by atoms with Gasteiger partial charge in [-0.25, -0.2) is 9.97 Å². The first-order chi connectivity index (χ1) is 5.90. The van der Waals surface area contributed by atoms with Gasteiger partial charge in [0.15, 0.2) is 0 Å². The van der Waals surface area contributed by atoms with E-state index in [1.807, 2.05) is 24.3 Å². The molecule has 1 aromatic heterocycles. The molecule has 0 unspecified atom stereocenters. The highest BCUT2D eigenvalue weighted by molar-refractivity contribution is 5.79. The molecular weight excluding hydrogens is 148 g/mol. The van der Waals surface area contributed by atoms with Crippen molar-refractivity contribution in [1.82, 2.24) is 9.97 Å². The summed E-state index contributed by atoms with van der Waals surface area (Å²) in [6.07, 6.45) is 5.16. The molecule has 1 aromatic carbocycles. The van der Waals surface area contributed by atoms with Gasteiger partial charge in [-0.15, -0.1) is 0 Å². The maximum atomic E-state index is 4.11. The predicted octanol–water partition coefficient (Wildman–Crippen LogP) is 2.27. The quantitative estimate of drug-likeness (QED) is 0.633. The summed E-state index contributed by atoms with van der Waals surface area (Å²) >= 11 is 0. The Labute approximate surface area is 70.6 Å². The lowest BCUT2D eigenvalue weighted by atomic mass is 10.1. The van der Waals surface area contributed by atoms with Crippen molar-refractivity contribution in [1.29, 1.82) is 0 Å². The molecular formula is C10H8N2. The van der Waals surface area contributed by atoms with Crippen LogP contribution >= 0.6 is 0 Å². The van der Waals surface area contributed by atoms with Crippen molar-refractivity contribution in [3.8, 4) is 0 Å². The van der Waals surface area contributed by atoms with E-state index in [2.05, 4.69) is 16.5 Å². The van der Waals surface area contributed by atoms with Gasteiger partial charge in [-0.2, -0.15) is 0 Å². The molecule has 0 atom stereocenters. The molecule has 0 aliphatic rings. The van der Waals surface area contributed by atoms with Crippen molar-refractivity contribution < 1.29 is 0 Å². The second-order valence-corrected chi connectivity index (χ2v) is 2.55. The van der Waals surface area contributed by atoms with E-state index in [1.54, 1.807) is 12.5 Å². The highest BCUT2D eigenvalue weighted by atomic mass is 14.8. The summed E-state index contributed by atoms with van der Waals surface area (Å²) in [5.74, 6) is 0. The fourth-order valence-corrected chi connectivity index (χ4v) is 1.13. The Kier molecular flexibility index (Phi) is 1.59. The van der Waals surface area contributed by atoms with Gasteiger partial charge in [0.25, 0.3) is 0 Å². The van der Waals surface area contributed by atoms with Crippen LogP contribution < -0.4 is 0 Å². The van der Waals surface area contributed by atoms with Crippen LogP contribution in [0, 0.1) is 0 Å². The summed E-state index contributed by atoms with van der Waals surface area (Å²) < 4.78 is 0. The van der Waals surface area contributed by atoms with Crippen molar-refractivity contribution >= 4 is 17.0 Å². The molecule has 58 valence electrons. The summed E-state index contributed by atoms with van der Waals surface area (Å²) in [4.78, 5) is 8.05. The van der Waals surface area contributed by atoms with Gasteiger partial charge in [-0.05, 0) is 17.7 Å². The predicted molar refractivity (Wildman–Crippen MR) is 49.6 cm³/mol. The summed E-state index contributed by atoms with van der Waals surface area (Å²) in [6.45, 7) is 3.70. The van der Waals surface area contributed by atoms with E-state index in [0.29, 0.717) is 0 Å². The molecule has 0 bridgehead atoms. The fourth-order valence-electron chi connectivity index (χ4n) is 1.13. The molecule has 0 radical (unpaired) electrons. The number of benzene rings is 1. The van der Waals surface area contributed by atoms with Crippen LogP contribution in [0.1, 0.15) is 5.56 Å². The molecule has 0 aliphatic heterocycles. The van der Waals surface area contributed by atoms with E-state index >= 15 is 0 Å². The maximum Gasteiger partial charge on any atom is 0.116 e. The molecule has 2 rings (SSSR count). The third kappa shape index (κ3) is 1.07. The Morgan fingerprint density at radius 2 is 2.25 bits per heavy atom. The summed E-state index contributed by atoms with van der Waals surface area (Å²) in [5.41, 5.74) is 2.06. The largest absolute Gasteiger partial charge is 0.244 e. The first-order valence-corrected chi connectivity index (χ1v) is 3.72. The molecule has 0 aliphatic carbocycles. The van der Waals surface area contributed by atoms with Crippen LogP contribution in [0.5, 0.6) is 0 Å². The Balaban J connectivity index is 2.75. The smallest absolute Gasteiger partial charge is 0.116 e. The molecule has 2 aromatic rings. The number of hydrogen-bond acceptors (Lipinski definition) is 2. The summed E-state index contributed by atoms with van der Waals surface area (Å²) in [7, 11) is 0. The van der Waals surface area contributed by atoms with Crippen molar-refractivity contribution in [3.63, 3.8) is 0 Å². The lowest BCUT2D eigenvalue weighted by Crippen LogP contribution is -1.80. The molecule has 0 saturated heterocycles. The second-order valence-electron chi connectivity index (χ2n) is 2.55. The Morgan fingerprint density at radius 1 is 1.33 bits per heavy atom.